The van der Waals surface area contributed by atoms with Crippen LogP contribution in [0.15, 0.2) is 0 Å². The van der Waals surface area contributed by atoms with E-state index < -0.39 is 0 Å². The molecule has 1 radical (unpaired) electrons. The molecule has 0 amide bonds. The molecule has 0 atom stereocenters. The molecule has 9 heavy (non-hydrogen) atoms. The molecule has 0 aromatic rings. The molecule has 1 aliphatic rings. The van der Waals surface area contributed by atoms with Gasteiger partial charge in [0.2, 0.25) is 0 Å². The van der Waals surface area contributed by atoms with Crippen LogP contribution >= 0.6 is 0 Å². The van der Waals surface area contributed by atoms with Crippen molar-refractivity contribution >= 4 is 0 Å². The molecule has 1 rings (SSSR count). The minimum Gasteiger partial charge on any atom is -0.325 e. The summed E-state index contributed by atoms with van der Waals surface area (Å²) in [6.45, 7) is 2.10. The van der Waals surface area contributed by atoms with Crippen LogP contribution < -0.4 is 5.73 Å². The van der Waals surface area contributed by atoms with Gasteiger partial charge >= 0.3 is 0 Å². The molecule has 0 unspecified atom stereocenters. The van der Waals surface area contributed by atoms with E-state index in [9.17, 15) is 0 Å². The SMILES string of the molecule is C[CH]CCC1(N)CCC1. The smallest absolute Gasteiger partial charge is 0.0154 e. The summed E-state index contributed by atoms with van der Waals surface area (Å²) >= 11 is 0. The van der Waals surface area contributed by atoms with Crippen LogP contribution in [0.25, 0.3) is 0 Å². The zero-order valence-corrected chi connectivity index (χ0v) is 6.19. The minimum atomic E-state index is 0.243. The Kier molecular flexibility index (Phi) is 2.12. The number of unbranched alkanes of at least 4 members (excludes halogenated alkanes) is 1. The molecule has 0 aliphatic heterocycles. The van der Waals surface area contributed by atoms with E-state index in [-0.39, 0.29) is 5.54 Å². The molecule has 1 fully saturated rings. The molecule has 1 aliphatic carbocycles. The van der Waals surface area contributed by atoms with Crippen LogP contribution in [-0.2, 0) is 0 Å². The van der Waals surface area contributed by atoms with E-state index in [0.29, 0.717) is 0 Å². The third kappa shape index (κ3) is 1.68. The molecule has 0 spiro atoms. The van der Waals surface area contributed by atoms with E-state index in [2.05, 4.69) is 13.3 Å². The van der Waals surface area contributed by atoms with E-state index >= 15 is 0 Å². The highest BCUT2D eigenvalue weighted by atomic mass is 14.8. The maximum Gasteiger partial charge on any atom is 0.0154 e. The normalized spacial score (nSPS) is 23.3. The Hall–Kier alpha value is -0.0400. The van der Waals surface area contributed by atoms with Gasteiger partial charge in [-0.1, -0.05) is 6.92 Å². The minimum absolute atomic E-state index is 0.243. The van der Waals surface area contributed by atoms with Crippen LogP contribution in [0.4, 0.5) is 0 Å². The molecule has 2 N–H and O–H groups in total. The molecule has 1 saturated carbocycles. The lowest BCUT2D eigenvalue weighted by molar-refractivity contribution is 0.231. The Morgan fingerprint density at radius 1 is 1.56 bits per heavy atom. The van der Waals surface area contributed by atoms with Gasteiger partial charge in [0.15, 0.2) is 0 Å². The molecule has 0 bridgehead atoms. The van der Waals surface area contributed by atoms with Crippen molar-refractivity contribution in [2.45, 2.75) is 44.6 Å². The zero-order chi connectivity index (χ0) is 6.74. The van der Waals surface area contributed by atoms with Crippen molar-refractivity contribution < 1.29 is 0 Å². The fourth-order valence-electron chi connectivity index (χ4n) is 1.31. The summed E-state index contributed by atoms with van der Waals surface area (Å²) in [6, 6.07) is 0. The van der Waals surface area contributed by atoms with Gasteiger partial charge in [-0.3, -0.25) is 0 Å². The summed E-state index contributed by atoms with van der Waals surface area (Å²) in [5.41, 5.74) is 6.21. The Bertz CT molecular complexity index is 84.6. The summed E-state index contributed by atoms with van der Waals surface area (Å²) in [7, 11) is 0. The van der Waals surface area contributed by atoms with Crippen molar-refractivity contribution in [1.82, 2.24) is 0 Å². The van der Waals surface area contributed by atoms with Crippen molar-refractivity contribution in [3.05, 3.63) is 6.42 Å². The van der Waals surface area contributed by atoms with Gasteiger partial charge in [-0.05, 0) is 38.5 Å². The maximum atomic E-state index is 5.97. The topological polar surface area (TPSA) is 26.0 Å². The highest BCUT2D eigenvalue weighted by Gasteiger charge is 2.30. The predicted molar refractivity (Wildman–Crippen MR) is 40.0 cm³/mol. The molecule has 0 saturated heterocycles. The second kappa shape index (κ2) is 2.70. The second-order valence-corrected chi connectivity index (χ2v) is 3.16. The lowest BCUT2D eigenvalue weighted by atomic mass is 9.74. The van der Waals surface area contributed by atoms with Crippen LogP contribution in [0.3, 0.4) is 0 Å². The molecule has 0 aromatic carbocycles. The van der Waals surface area contributed by atoms with Crippen molar-refractivity contribution in [2.75, 3.05) is 0 Å². The van der Waals surface area contributed by atoms with Crippen LogP contribution in [0.5, 0.6) is 0 Å². The Balaban J connectivity index is 2.09. The van der Waals surface area contributed by atoms with E-state index in [1.165, 1.54) is 32.1 Å². The molecule has 0 heterocycles. The first-order chi connectivity index (χ1) is 4.27. The van der Waals surface area contributed by atoms with Crippen molar-refractivity contribution in [3.8, 4) is 0 Å². The largest absolute Gasteiger partial charge is 0.325 e. The predicted octanol–water partition coefficient (Wildman–Crippen LogP) is 1.87. The first-order valence-corrected chi connectivity index (χ1v) is 3.83. The standard InChI is InChI=1S/C8H16N/c1-2-3-5-8(9)6-4-7-8/h2H,3-7,9H2,1H3. The van der Waals surface area contributed by atoms with E-state index in [0.717, 1.165) is 0 Å². The van der Waals surface area contributed by atoms with Crippen LogP contribution in [-0.4, -0.2) is 5.54 Å². The third-order valence-corrected chi connectivity index (χ3v) is 2.28. The summed E-state index contributed by atoms with van der Waals surface area (Å²) in [6.07, 6.45) is 8.44. The quantitative estimate of drug-likeness (QED) is 0.613. The summed E-state index contributed by atoms with van der Waals surface area (Å²) in [5, 5.41) is 0. The van der Waals surface area contributed by atoms with Crippen molar-refractivity contribution in [1.29, 1.82) is 0 Å². The number of hydrogen-bond donors (Lipinski definition) is 1. The fraction of sp³-hybridized carbons (Fsp3) is 0.875. The van der Waals surface area contributed by atoms with Gasteiger partial charge in [0.25, 0.3) is 0 Å². The highest BCUT2D eigenvalue weighted by molar-refractivity contribution is 4.92. The lowest BCUT2D eigenvalue weighted by Crippen LogP contribution is -2.46. The van der Waals surface area contributed by atoms with Gasteiger partial charge in [-0.25, -0.2) is 0 Å². The van der Waals surface area contributed by atoms with Crippen LogP contribution in [0.2, 0.25) is 0 Å². The fourth-order valence-corrected chi connectivity index (χ4v) is 1.31. The average molecular weight is 126 g/mol. The van der Waals surface area contributed by atoms with E-state index in [1.54, 1.807) is 0 Å². The summed E-state index contributed by atoms with van der Waals surface area (Å²) in [5.74, 6) is 0. The number of rotatable bonds is 3. The highest BCUT2D eigenvalue weighted by Crippen LogP contribution is 2.33. The van der Waals surface area contributed by atoms with Gasteiger partial charge in [0.1, 0.15) is 0 Å². The van der Waals surface area contributed by atoms with Crippen molar-refractivity contribution in [3.63, 3.8) is 0 Å². The first-order valence-electron chi connectivity index (χ1n) is 3.83. The first kappa shape index (κ1) is 7.07. The molecule has 1 heteroatoms. The molecular formula is C8H16N. The Labute approximate surface area is 57.6 Å². The molecule has 0 aromatic heterocycles. The van der Waals surface area contributed by atoms with Crippen molar-refractivity contribution in [2.24, 2.45) is 5.73 Å². The zero-order valence-electron chi connectivity index (χ0n) is 6.19. The number of nitrogens with two attached hydrogens (primary N) is 1. The number of hydrogen-bond acceptors (Lipinski definition) is 1. The second-order valence-electron chi connectivity index (χ2n) is 3.16. The Morgan fingerprint density at radius 2 is 2.22 bits per heavy atom. The van der Waals surface area contributed by atoms with E-state index in [1.807, 2.05) is 0 Å². The molecular weight excluding hydrogens is 110 g/mol. The summed E-state index contributed by atoms with van der Waals surface area (Å²) < 4.78 is 0. The third-order valence-electron chi connectivity index (χ3n) is 2.28. The van der Waals surface area contributed by atoms with Crippen LogP contribution in [0.1, 0.15) is 39.0 Å². The maximum absolute atomic E-state index is 5.97. The van der Waals surface area contributed by atoms with Crippen LogP contribution in [0, 0.1) is 6.42 Å². The van der Waals surface area contributed by atoms with Gasteiger partial charge in [-0.2, -0.15) is 0 Å². The average Bonchev–Trinajstić information content (AvgIpc) is 1.79. The lowest BCUT2D eigenvalue weighted by Gasteiger charge is -2.38. The molecule has 1 nitrogen and oxygen atoms in total. The molecule has 53 valence electrons. The van der Waals surface area contributed by atoms with Gasteiger partial charge in [-0.15, -0.1) is 0 Å². The van der Waals surface area contributed by atoms with E-state index in [4.69, 9.17) is 5.73 Å². The van der Waals surface area contributed by atoms with Gasteiger partial charge in [0, 0.05) is 5.54 Å². The van der Waals surface area contributed by atoms with Gasteiger partial charge < -0.3 is 5.73 Å². The monoisotopic (exact) mass is 126 g/mol. The van der Waals surface area contributed by atoms with Gasteiger partial charge in [0.05, 0.1) is 0 Å². The Morgan fingerprint density at radius 3 is 2.56 bits per heavy atom. The summed E-state index contributed by atoms with van der Waals surface area (Å²) in [4.78, 5) is 0.